The second-order valence-corrected chi connectivity index (χ2v) is 5.32. The molecule has 0 N–H and O–H groups in total. The van der Waals surface area contributed by atoms with Crippen LogP contribution in [0.1, 0.15) is 18.9 Å². The number of carbonyl (C=O) groups is 1. The predicted molar refractivity (Wildman–Crippen MR) is 69.9 cm³/mol. The molecule has 1 aliphatic heterocycles. The summed E-state index contributed by atoms with van der Waals surface area (Å²) in [6, 6.07) is 10.6. The number of ketones is 1. The van der Waals surface area contributed by atoms with Crippen LogP contribution in [0.15, 0.2) is 30.3 Å². The maximum Gasteiger partial charge on any atom is 0.134 e. The van der Waals surface area contributed by atoms with E-state index in [4.69, 9.17) is 0 Å². The van der Waals surface area contributed by atoms with Gasteiger partial charge in [0, 0.05) is 19.0 Å². The largest absolute Gasteiger partial charge is 0.305 e. The van der Waals surface area contributed by atoms with E-state index >= 15 is 0 Å². The summed E-state index contributed by atoms with van der Waals surface area (Å²) >= 11 is 0. The van der Waals surface area contributed by atoms with Gasteiger partial charge in [0.1, 0.15) is 5.78 Å². The molecule has 0 spiro atoms. The molecule has 0 radical (unpaired) electrons. The Hall–Kier alpha value is -1.15. The van der Waals surface area contributed by atoms with Gasteiger partial charge >= 0.3 is 0 Å². The van der Waals surface area contributed by atoms with Crippen molar-refractivity contribution in [3.63, 3.8) is 0 Å². The van der Waals surface area contributed by atoms with Gasteiger partial charge in [-0.25, -0.2) is 0 Å². The Kier molecular flexibility index (Phi) is 3.95. The molecule has 0 saturated carbocycles. The first-order valence-corrected chi connectivity index (χ1v) is 6.38. The van der Waals surface area contributed by atoms with Gasteiger partial charge in [-0.1, -0.05) is 30.3 Å². The van der Waals surface area contributed by atoms with Crippen LogP contribution in [0.25, 0.3) is 0 Å². The third-order valence-electron chi connectivity index (χ3n) is 3.66. The molecule has 2 heteroatoms. The molecule has 2 nitrogen and oxygen atoms in total. The Balaban J connectivity index is 1.99. The van der Waals surface area contributed by atoms with E-state index in [0.29, 0.717) is 11.7 Å². The lowest BCUT2D eigenvalue weighted by molar-refractivity contribution is -0.122. The second-order valence-electron chi connectivity index (χ2n) is 5.32. The first kappa shape index (κ1) is 12.3. The monoisotopic (exact) mass is 231 g/mol. The predicted octanol–water partition coefficient (Wildman–Crippen LogP) is 2.39. The van der Waals surface area contributed by atoms with Crippen LogP contribution in [0.3, 0.4) is 0 Å². The van der Waals surface area contributed by atoms with Crippen molar-refractivity contribution in [2.24, 2.45) is 11.8 Å². The molecule has 17 heavy (non-hydrogen) atoms. The van der Waals surface area contributed by atoms with Crippen molar-refractivity contribution in [2.75, 3.05) is 20.1 Å². The van der Waals surface area contributed by atoms with Crippen molar-refractivity contribution in [3.8, 4) is 0 Å². The van der Waals surface area contributed by atoms with E-state index in [2.05, 4.69) is 42.3 Å². The highest BCUT2D eigenvalue weighted by Crippen LogP contribution is 2.24. The van der Waals surface area contributed by atoms with E-state index in [1.807, 2.05) is 0 Å². The normalized spacial score (nSPS) is 25.8. The summed E-state index contributed by atoms with van der Waals surface area (Å²) in [5, 5.41) is 0. The molecule has 1 saturated heterocycles. The summed E-state index contributed by atoms with van der Waals surface area (Å²) in [5.41, 5.74) is 1.38. The number of carbonyl (C=O) groups excluding carboxylic acids is 1. The number of rotatable bonds is 3. The molecule has 92 valence electrons. The highest BCUT2D eigenvalue weighted by molar-refractivity contribution is 5.78. The lowest BCUT2D eigenvalue weighted by Gasteiger charge is -2.34. The molecule has 0 aromatic heterocycles. The van der Waals surface area contributed by atoms with E-state index in [-0.39, 0.29) is 5.92 Å². The van der Waals surface area contributed by atoms with Crippen molar-refractivity contribution >= 4 is 5.78 Å². The molecule has 1 fully saturated rings. The SMILES string of the molecule is CC(=O)C1CC(Cc2ccccc2)CN(C)C1. The summed E-state index contributed by atoms with van der Waals surface area (Å²) in [7, 11) is 2.12. The van der Waals surface area contributed by atoms with Crippen LogP contribution >= 0.6 is 0 Å². The Bertz CT molecular complexity index is 374. The molecule has 1 aromatic rings. The van der Waals surface area contributed by atoms with Crippen LogP contribution in [-0.4, -0.2) is 30.8 Å². The fourth-order valence-electron chi connectivity index (χ4n) is 2.83. The Labute approximate surface area is 104 Å². The maximum absolute atomic E-state index is 11.5. The average Bonchev–Trinajstić information content (AvgIpc) is 2.29. The number of hydrogen-bond donors (Lipinski definition) is 0. The zero-order valence-electron chi connectivity index (χ0n) is 10.7. The van der Waals surface area contributed by atoms with Gasteiger partial charge in [0.05, 0.1) is 0 Å². The highest BCUT2D eigenvalue weighted by Gasteiger charge is 2.27. The van der Waals surface area contributed by atoms with E-state index in [9.17, 15) is 4.79 Å². The first-order valence-electron chi connectivity index (χ1n) is 6.38. The summed E-state index contributed by atoms with van der Waals surface area (Å²) in [4.78, 5) is 13.8. The van der Waals surface area contributed by atoms with Gasteiger partial charge in [0.15, 0.2) is 0 Å². The molecule has 0 aliphatic carbocycles. The van der Waals surface area contributed by atoms with E-state index in [1.54, 1.807) is 6.92 Å². The zero-order valence-corrected chi connectivity index (χ0v) is 10.7. The van der Waals surface area contributed by atoms with Crippen molar-refractivity contribution in [3.05, 3.63) is 35.9 Å². The molecular weight excluding hydrogens is 210 g/mol. The maximum atomic E-state index is 11.5. The molecular formula is C15H21NO. The van der Waals surface area contributed by atoms with E-state index < -0.39 is 0 Å². The van der Waals surface area contributed by atoms with Gasteiger partial charge in [-0.05, 0) is 38.3 Å². The van der Waals surface area contributed by atoms with Crippen LogP contribution in [0, 0.1) is 11.8 Å². The summed E-state index contributed by atoms with van der Waals surface area (Å²) < 4.78 is 0. The van der Waals surface area contributed by atoms with Crippen LogP contribution in [0.5, 0.6) is 0 Å². The summed E-state index contributed by atoms with van der Waals surface area (Å²) in [6.07, 6.45) is 2.14. The van der Waals surface area contributed by atoms with Gasteiger partial charge in [0.2, 0.25) is 0 Å². The molecule has 0 bridgehead atoms. The number of Topliss-reactive ketones (excluding diaryl/α,β-unsaturated/α-hetero) is 1. The highest BCUT2D eigenvalue weighted by atomic mass is 16.1. The number of piperidine rings is 1. The molecule has 1 aliphatic rings. The van der Waals surface area contributed by atoms with Crippen molar-refractivity contribution in [1.82, 2.24) is 4.90 Å². The lowest BCUT2D eigenvalue weighted by atomic mass is 9.84. The van der Waals surface area contributed by atoms with Crippen molar-refractivity contribution in [1.29, 1.82) is 0 Å². The van der Waals surface area contributed by atoms with Gasteiger partial charge in [0.25, 0.3) is 0 Å². The minimum Gasteiger partial charge on any atom is -0.305 e. The molecule has 2 atom stereocenters. The number of benzene rings is 1. The van der Waals surface area contributed by atoms with Crippen LogP contribution in [0.4, 0.5) is 0 Å². The Morgan fingerprint density at radius 2 is 2.00 bits per heavy atom. The summed E-state index contributed by atoms with van der Waals surface area (Å²) in [5.74, 6) is 1.20. The van der Waals surface area contributed by atoms with Gasteiger partial charge in [-0.2, -0.15) is 0 Å². The molecule has 2 unspecified atom stereocenters. The topological polar surface area (TPSA) is 20.3 Å². The zero-order chi connectivity index (χ0) is 12.3. The molecule has 1 aromatic carbocycles. The Morgan fingerprint density at radius 1 is 1.29 bits per heavy atom. The fraction of sp³-hybridized carbons (Fsp3) is 0.533. The Morgan fingerprint density at radius 3 is 2.65 bits per heavy atom. The fourth-order valence-corrected chi connectivity index (χ4v) is 2.83. The minimum absolute atomic E-state index is 0.238. The third-order valence-corrected chi connectivity index (χ3v) is 3.66. The standard InChI is InChI=1S/C15H21NO/c1-12(17)15-9-14(10-16(2)11-15)8-13-6-4-3-5-7-13/h3-7,14-15H,8-11H2,1-2H3. The average molecular weight is 231 g/mol. The number of likely N-dealkylation sites (tertiary alicyclic amines) is 1. The third kappa shape index (κ3) is 3.40. The molecule has 1 heterocycles. The summed E-state index contributed by atoms with van der Waals surface area (Å²) in [6.45, 7) is 3.77. The van der Waals surface area contributed by atoms with Crippen molar-refractivity contribution < 1.29 is 4.79 Å². The van der Waals surface area contributed by atoms with Gasteiger partial charge in [-0.15, -0.1) is 0 Å². The quantitative estimate of drug-likeness (QED) is 0.796. The molecule has 2 rings (SSSR count). The smallest absolute Gasteiger partial charge is 0.134 e. The van der Waals surface area contributed by atoms with Crippen LogP contribution in [0.2, 0.25) is 0 Å². The number of hydrogen-bond acceptors (Lipinski definition) is 2. The van der Waals surface area contributed by atoms with E-state index in [0.717, 1.165) is 25.9 Å². The van der Waals surface area contributed by atoms with Crippen LogP contribution in [-0.2, 0) is 11.2 Å². The number of nitrogens with zero attached hydrogens (tertiary/aromatic N) is 1. The van der Waals surface area contributed by atoms with Gasteiger partial charge in [-0.3, -0.25) is 4.79 Å². The minimum atomic E-state index is 0.238. The first-order chi connectivity index (χ1) is 8.15. The lowest BCUT2D eigenvalue weighted by Crippen LogP contribution is -2.41. The second kappa shape index (κ2) is 5.46. The van der Waals surface area contributed by atoms with Gasteiger partial charge < -0.3 is 4.90 Å². The van der Waals surface area contributed by atoms with Crippen LogP contribution < -0.4 is 0 Å². The molecule has 0 amide bonds. The van der Waals surface area contributed by atoms with E-state index in [1.165, 1.54) is 5.56 Å². The van der Waals surface area contributed by atoms with Crippen molar-refractivity contribution in [2.45, 2.75) is 19.8 Å².